The Morgan fingerprint density at radius 3 is 2.59 bits per heavy atom. The van der Waals surface area contributed by atoms with Crippen molar-refractivity contribution in [3.8, 4) is 5.75 Å². The van der Waals surface area contributed by atoms with Crippen LogP contribution in [0.4, 0.5) is 8.78 Å². The van der Waals surface area contributed by atoms with E-state index in [-0.39, 0.29) is 11.7 Å². The summed E-state index contributed by atoms with van der Waals surface area (Å²) < 4.78 is 28.6. The number of carbonyl (C=O) groups excluding carboxylic acids is 1. The molecule has 0 saturated carbocycles. The first-order valence-corrected chi connectivity index (χ1v) is 7.02. The second kappa shape index (κ2) is 8.12. The molecule has 1 amide bonds. The summed E-state index contributed by atoms with van der Waals surface area (Å²) in [6.45, 7) is -2.38. The lowest BCUT2D eigenvalue weighted by molar-refractivity contribution is -0.0498. The van der Waals surface area contributed by atoms with E-state index in [4.69, 9.17) is 0 Å². The van der Waals surface area contributed by atoms with Crippen molar-refractivity contribution in [1.82, 2.24) is 5.32 Å². The van der Waals surface area contributed by atoms with Gasteiger partial charge < -0.3 is 10.1 Å². The number of aryl methyl sites for hydroxylation is 1. The van der Waals surface area contributed by atoms with Crippen LogP contribution in [0.5, 0.6) is 5.75 Å². The molecule has 0 heterocycles. The van der Waals surface area contributed by atoms with Crippen LogP contribution in [-0.2, 0) is 6.42 Å². The molecule has 0 bridgehead atoms. The summed E-state index contributed by atoms with van der Waals surface area (Å²) in [5, 5.41) is 2.77. The number of carbonyl (C=O) groups is 1. The number of rotatable bonds is 7. The summed E-state index contributed by atoms with van der Waals surface area (Å²) in [6.07, 6.45) is 1.68. The van der Waals surface area contributed by atoms with Crippen molar-refractivity contribution in [2.45, 2.75) is 19.5 Å². The monoisotopic (exact) mass is 305 g/mol. The molecular weight excluding hydrogens is 288 g/mol. The lowest BCUT2D eigenvalue weighted by Gasteiger charge is -2.08. The van der Waals surface area contributed by atoms with E-state index >= 15 is 0 Å². The number of hydrogen-bond acceptors (Lipinski definition) is 2. The SMILES string of the molecule is O=C(NCCCc1ccccc1)c1cccc(OC(F)F)c1. The van der Waals surface area contributed by atoms with E-state index < -0.39 is 6.61 Å². The zero-order chi connectivity index (χ0) is 15.8. The third-order valence-electron chi connectivity index (χ3n) is 3.09. The Labute approximate surface area is 127 Å². The van der Waals surface area contributed by atoms with Gasteiger partial charge in [0.2, 0.25) is 0 Å². The third-order valence-corrected chi connectivity index (χ3v) is 3.09. The first-order chi connectivity index (χ1) is 10.6. The first-order valence-electron chi connectivity index (χ1n) is 7.02. The fourth-order valence-electron chi connectivity index (χ4n) is 2.05. The average Bonchev–Trinajstić information content (AvgIpc) is 2.52. The van der Waals surface area contributed by atoms with Gasteiger partial charge in [0.05, 0.1) is 0 Å². The van der Waals surface area contributed by atoms with Crippen molar-refractivity contribution in [3.05, 3.63) is 65.7 Å². The van der Waals surface area contributed by atoms with Crippen molar-refractivity contribution < 1.29 is 18.3 Å². The number of benzene rings is 2. The maximum atomic E-state index is 12.1. The standard InChI is InChI=1S/C17H17F2NO2/c18-17(19)22-15-10-4-9-14(12-15)16(21)20-11-5-8-13-6-2-1-3-7-13/h1-4,6-7,9-10,12,17H,5,8,11H2,(H,20,21). The van der Waals surface area contributed by atoms with Gasteiger partial charge in [-0.05, 0) is 36.6 Å². The third kappa shape index (κ3) is 5.16. The molecule has 0 atom stereocenters. The Bertz CT molecular complexity index is 603. The summed E-state index contributed by atoms with van der Waals surface area (Å²) >= 11 is 0. The van der Waals surface area contributed by atoms with E-state index in [1.165, 1.54) is 23.8 Å². The smallest absolute Gasteiger partial charge is 0.387 e. The van der Waals surface area contributed by atoms with E-state index in [9.17, 15) is 13.6 Å². The fraction of sp³-hybridized carbons (Fsp3) is 0.235. The minimum atomic E-state index is -2.90. The Balaban J connectivity index is 1.79. The molecule has 2 aromatic rings. The van der Waals surface area contributed by atoms with Crippen molar-refractivity contribution in [3.63, 3.8) is 0 Å². The topological polar surface area (TPSA) is 38.3 Å². The van der Waals surface area contributed by atoms with Crippen molar-refractivity contribution >= 4 is 5.91 Å². The van der Waals surface area contributed by atoms with Crippen LogP contribution in [0.2, 0.25) is 0 Å². The Morgan fingerprint density at radius 1 is 1.09 bits per heavy atom. The summed E-state index contributed by atoms with van der Waals surface area (Å²) in [6, 6.07) is 15.7. The maximum Gasteiger partial charge on any atom is 0.387 e. The van der Waals surface area contributed by atoms with Crippen LogP contribution >= 0.6 is 0 Å². The maximum absolute atomic E-state index is 12.1. The lowest BCUT2D eigenvalue weighted by atomic mass is 10.1. The van der Waals surface area contributed by atoms with E-state index in [0.29, 0.717) is 12.1 Å². The molecule has 1 N–H and O–H groups in total. The second-order valence-corrected chi connectivity index (χ2v) is 4.75. The number of ether oxygens (including phenoxy) is 1. The number of amides is 1. The van der Waals surface area contributed by atoms with Crippen molar-refractivity contribution in [1.29, 1.82) is 0 Å². The van der Waals surface area contributed by atoms with E-state index in [1.54, 1.807) is 6.07 Å². The van der Waals surface area contributed by atoms with Gasteiger partial charge in [0.15, 0.2) is 0 Å². The van der Waals surface area contributed by atoms with Gasteiger partial charge in [0, 0.05) is 12.1 Å². The van der Waals surface area contributed by atoms with E-state index in [0.717, 1.165) is 12.8 Å². The minimum Gasteiger partial charge on any atom is -0.435 e. The predicted molar refractivity (Wildman–Crippen MR) is 80.2 cm³/mol. The molecule has 22 heavy (non-hydrogen) atoms. The highest BCUT2D eigenvalue weighted by atomic mass is 19.3. The van der Waals surface area contributed by atoms with Crippen molar-refractivity contribution in [2.24, 2.45) is 0 Å². The van der Waals surface area contributed by atoms with Gasteiger partial charge in [-0.25, -0.2) is 0 Å². The summed E-state index contributed by atoms with van der Waals surface area (Å²) in [5.41, 5.74) is 1.52. The van der Waals surface area contributed by atoms with Crippen LogP contribution in [0.1, 0.15) is 22.3 Å². The molecular formula is C17H17F2NO2. The van der Waals surface area contributed by atoms with Gasteiger partial charge in [0.25, 0.3) is 5.91 Å². The van der Waals surface area contributed by atoms with Gasteiger partial charge in [0.1, 0.15) is 5.75 Å². The second-order valence-electron chi connectivity index (χ2n) is 4.75. The predicted octanol–water partition coefficient (Wildman–Crippen LogP) is 3.65. The van der Waals surface area contributed by atoms with Crippen molar-refractivity contribution in [2.75, 3.05) is 6.54 Å². The molecule has 0 saturated heterocycles. The molecule has 5 heteroatoms. The number of nitrogens with one attached hydrogen (secondary N) is 1. The fourth-order valence-corrected chi connectivity index (χ4v) is 2.05. The molecule has 0 fully saturated rings. The Kier molecular flexibility index (Phi) is 5.89. The van der Waals surface area contributed by atoms with Gasteiger partial charge in [-0.15, -0.1) is 0 Å². The molecule has 0 unspecified atom stereocenters. The molecule has 2 aromatic carbocycles. The van der Waals surface area contributed by atoms with Crippen LogP contribution in [0, 0.1) is 0 Å². The zero-order valence-electron chi connectivity index (χ0n) is 12.0. The highest BCUT2D eigenvalue weighted by Gasteiger charge is 2.09. The Hall–Kier alpha value is -2.43. The molecule has 0 spiro atoms. The normalized spacial score (nSPS) is 10.5. The molecule has 0 aromatic heterocycles. The van der Waals surface area contributed by atoms with Crippen LogP contribution in [-0.4, -0.2) is 19.1 Å². The molecule has 2 rings (SSSR count). The number of alkyl halides is 2. The quantitative estimate of drug-likeness (QED) is 0.793. The number of halogens is 2. The van der Waals surface area contributed by atoms with Crippen LogP contribution < -0.4 is 10.1 Å². The summed E-state index contributed by atoms with van der Waals surface area (Å²) in [4.78, 5) is 11.9. The number of hydrogen-bond donors (Lipinski definition) is 1. The van der Waals surface area contributed by atoms with Gasteiger partial charge in [-0.1, -0.05) is 36.4 Å². The Morgan fingerprint density at radius 2 is 1.86 bits per heavy atom. The van der Waals surface area contributed by atoms with Gasteiger partial charge >= 0.3 is 6.61 Å². The highest BCUT2D eigenvalue weighted by Crippen LogP contribution is 2.15. The molecule has 0 aliphatic rings. The van der Waals surface area contributed by atoms with E-state index in [2.05, 4.69) is 10.1 Å². The molecule has 0 aliphatic heterocycles. The highest BCUT2D eigenvalue weighted by molar-refractivity contribution is 5.94. The van der Waals surface area contributed by atoms with E-state index in [1.807, 2.05) is 30.3 Å². The lowest BCUT2D eigenvalue weighted by Crippen LogP contribution is -2.24. The van der Waals surface area contributed by atoms with Crippen LogP contribution in [0.15, 0.2) is 54.6 Å². The van der Waals surface area contributed by atoms with Crippen LogP contribution in [0.25, 0.3) is 0 Å². The molecule has 0 radical (unpaired) electrons. The summed E-state index contributed by atoms with van der Waals surface area (Å²) in [5.74, 6) is -0.320. The zero-order valence-corrected chi connectivity index (χ0v) is 12.0. The summed E-state index contributed by atoms with van der Waals surface area (Å²) in [7, 11) is 0. The van der Waals surface area contributed by atoms with Crippen LogP contribution in [0.3, 0.4) is 0 Å². The van der Waals surface area contributed by atoms with Gasteiger partial charge in [-0.2, -0.15) is 8.78 Å². The molecule has 3 nitrogen and oxygen atoms in total. The van der Waals surface area contributed by atoms with Gasteiger partial charge in [-0.3, -0.25) is 4.79 Å². The molecule has 0 aliphatic carbocycles. The molecule has 116 valence electrons. The average molecular weight is 305 g/mol. The largest absolute Gasteiger partial charge is 0.435 e. The first kappa shape index (κ1) is 15.9. The minimum absolute atomic E-state index is 0.0214.